The van der Waals surface area contributed by atoms with Crippen LogP contribution >= 0.6 is 11.6 Å². The van der Waals surface area contributed by atoms with Crippen LogP contribution in [-0.4, -0.2) is 37.0 Å². The second kappa shape index (κ2) is 8.38. The Kier molecular flexibility index (Phi) is 6.12. The third-order valence-corrected chi connectivity index (χ3v) is 6.82. The standard InChI is InChI=1S/C19H20ClN3O4S/c1-14-5-8-17(19(11-14)28(26,27)22-9-3-2-4-10-22)21-13-15-6-7-16(20)18(12-15)23(24)25/h5-8,11-13H,2-4,9-10H2,1H3. The van der Waals surface area contributed by atoms with Crippen LogP contribution in [0.2, 0.25) is 5.02 Å². The van der Waals surface area contributed by atoms with Crippen LogP contribution in [0.25, 0.3) is 0 Å². The normalized spacial score (nSPS) is 15.8. The second-order valence-corrected chi connectivity index (χ2v) is 8.98. The molecule has 0 unspecified atom stereocenters. The number of nitrogens with zero attached hydrogens (tertiary/aromatic N) is 3. The summed E-state index contributed by atoms with van der Waals surface area (Å²) in [6.45, 7) is 2.83. The van der Waals surface area contributed by atoms with E-state index in [-0.39, 0.29) is 15.6 Å². The van der Waals surface area contributed by atoms with Gasteiger partial charge in [0.05, 0.1) is 10.6 Å². The number of rotatable bonds is 5. The van der Waals surface area contributed by atoms with Crippen LogP contribution in [0.1, 0.15) is 30.4 Å². The predicted octanol–water partition coefficient (Wildman–Crippen LogP) is 4.48. The molecule has 3 rings (SSSR count). The average Bonchev–Trinajstić information content (AvgIpc) is 2.68. The van der Waals surface area contributed by atoms with Gasteiger partial charge in [-0.05, 0) is 49.1 Å². The molecule has 2 aromatic carbocycles. The molecular weight excluding hydrogens is 402 g/mol. The van der Waals surface area contributed by atoms with Crippen molar-refractivity contribution in [1.29, 1.82) is 0 Å². The maximum absolute atomic E-state index is 13.1. The van der Waals surface area contributed by atoms with Gasteiger partial charge in [0.2, 0.25) is 10.0 Å². The van der Waals surface area contributed by atoms with Gasteiger partial charge in [-0.1, -0.05) is 30.2 Å². The summed E-state index contributed by atoms with van der Waals surface area (Å²) in [6.07, 6.45) is 4.12. The third kappa shape index (κ3) is 4.40. The first-order valence-corrected chi connectivity index (χ1v) is 10.7. The molecule has 0 amide bonds. The Morgan fingerprint density at radius 2 is 1.86 bits per heavy atom. The highest BCUT2D eigenvalue weighted by molar-refractivity contribution is 7.89. The highest BCUT2D eigenvalue weighted by atomic mass is 35.5. The maximum atomic E-state index is 13.1. The van der Waals surface area contributed by atoms with Gasteiger partial charge >= 0.3 is 0 Å². The van der Waals surface area contributed by atoms with Crippen LogP contribution in [-0.2, 0) is 10.0 Å². The number of halogens is 1. The van der Waals surface area contributed by atoms with Crippen molar-refractivity contribution in [2.45, 2.75) is 31.1 Å². The zero-order valence-electron chi connectivity index (χ0n) is 15.3. The first kappa shape index (κ1) is 20.4. The van der Waals surface area contributed by atoms with E-state index in [2.05, 4.69) is 4.99 Å². The molecule has 0 aromatic heterocycles. The van der Waals surface area contributed by atoms with E-state index in [1.165, 1.54) is 22.7 Å². The zero-order chi connectivity index (χ0) is 20.3. The van der Waals surface area contributed by atoms with E-state index >= 15 is 0 Å². The lowest BCUT2D eigenvalue weighted by atomic mass is 10.2. The van der Waals surface area contributed by atoms with Gasteiger partial charge in [-0.25, -0.2) is 8.42 Å². The molecule has 28 heavy (non-hydrogen) atoms. The van der Waals surface area contributed by atoms with E-state index in [1.807, 2.05) is 6.92 Å². The molecule has 1 heterocycles. The quantitative estimate of drug-likeness (QED) is 0.404. The lowest BCUT2D eigenvalue weighted by molar-refractivity contribution is -0.384. The Balaban J connectivity index is 1.98. The third-order valence-electron chi connectivity index (χ3n) is 4.57. The van der Waals surface area contributed by atoms with Crippen LogP contribution in [0, 0.1) is 17.0 Å². The van der Waals surface area contributed by atoms with Crippen molar-refractivity contribution >= 4 is 39.2 Å². The largest absolute Gasteiger partial charge is 0.288 e. The van der Waals surface area contributed by atoms with Gasteiger partial charge < -0.3 is 0 Å². The van der Waals surface area contributed by atoms with E-state index in [9.17, 15) is 18.5 Å². The second-order valence-electron chi connectivity index (χ2n) is 6.66. The summed E-state index contributed by atoms with van der Waals surface area (Å²) in [7, 11) is -3.66. The van der Waals surface area contributed by atoms with Gasteiger partial charge in [-0.2, -0.15) is 4.31 Å². The monoisotopic (exact) mass is 421 g/mol. The fraction of sp³-hybridized carbons (Fsp3) is 0.316. The Morgan fingerprint density at radius 1 is 1.14 bits per heavy atom. The summed E-state index contributed by atoms with van der Waals surface area (Å²) < 4.78 is 27.7. The molecule has 0 bridgehead atoms. The summed E-state index contributed by atoms with van der Waals surface area (Å²) in [5.74, 6) is 0. The predicted molar refractivity (Wildman–Crippen MR) is 109 cm³/mol. The van der Waals surface area contributed by atoms with E-state index in [0.29, 0.717) is 24.3 Å². The minimum Gasteiger partial charge on any atom is -0.258 e. The summed E-state index contributed by atoms with van der Waals surface area (Å²) in [5, 5.41) is 11.1. The van der Waals surface area contributed by atoms with Crippen molar-refractivity contribution in [1.82, 2.24) is 4.31 Å². The maximum Gasteiger partial charge on any atom is 0.288 e. The van der Waals surface area contributed by atoms with Crippen LogP contribution in [0.3, 0.4) is 0 Å². The van der Waals surface area contributed by atoms with Crippen LogP contribution < -0.4 is 0 Å². The summed E-state index contributed by atoms with van der Waals surface area (Å²) in [6, 6.07) is 9.35. The van der Waals surface area contributed by atoms with E-state index < -0.39 is 14.9 Å². The molecule has 0 radical (unpaired) electrons. The fourth-order valence-electron chi connectivity index (χ4n) is 3.07. The Hall–Kier alpha value is -2.29. The number of hydrogen-bond donors (Lipinski definition) is 0. The molecule has 1 aliphatic rings. The SMILES string of the molecule is Cc1ccc(N=Cc2ccc(Cl)c([N+](=O)[O-])c2)c(S(=O)(=O)N2CCCCC2)c1. The van der Waals surface area contributed by atoms with E-state index in [0.717, 1.165) is 24.8 Å². The summed E-state index contributed by atoms with van der Waals surface area (Å²) >= 11 is 5.83. The molecule has 0 spiro atoms. The first-order valence-electron chi connectivity index (χ1n) is 8.88. The van der Waals surface area contributed by atoms with Crippen molar-refractivity contribution < 1.29 is 13.3 Å². The molecule has 9 heteroatoms. The molecule has 1 aliphatic heterocycles. The number of nitro groups is 1. The molecule has 0 N–H and O–H groups in total. The van der Waals surface area contributed by atoms with Gasteiger partial charge in [0.1, 0.15) is 9.92 Å². The topological polar surface area (TPSA) is 92.9 Å². The minimum absolute atomic E-state index is 0.0332. The van der Waals surface area contributed by atoms with Crippen molar-refractivity contribution in [3.63, 3.8) is 0 Å². The van der Waals surface area contributed by atoms with Crippen molar-refractivity contribution in [2.24, 2.45) is 4.99 Å². The lowest BCUT2D eigenvalue weighted by Crippen LogP contribution is -2.35. The van der Waals surface area contributed by atoms with Crippen molar-refractivity contribution in [3.05, 3.63) is 62.7 Å². The molecule has 0 aliphatic carbocycles. The minimum atomic E-state index is -3.66. The van der Waals surface area contributed by atoms with Gasteiger partial charge in [-0.3, -0.25) is 15.1 Å². The molecule has 7 nitrogen and oxygen atoms in total. The summed E-state index contributed by atoms with van der Waals surface area (Å²) in [4.78, 5) is 14.9. The number of aliphatic imine (C=N–C) groups is 1. The Bertz CT molecular complexity index is 1030. The number of hydrogen-bond acceptors (Lipinski definition) is 5. The first-order chi connectivity index (χ1) is 13.3. The molecular formula is C19H20ClN3O4S. The highest BCUT2D eigenvalue weighted by Crippen LogP contribution is 2.30. The van der Waals surface area contributed by atoms with E-state index in [1.54, 1.807) is 24.3 Å². The van der Waals surface area contributed by atoms with Gasteiger partial charge in [0.15, 0.2) is 0 Å². The summed E-state index contributed by atoms with van der Waals surface area (Å²) in [5.41, 5.74) is 1.35. The van der Waals surface area contributed by atoms with Gasteiger partial charge in [-0.15, -0.1) is 0 Å². The number of nitro benzene ring substituents is 1. The molecule has 0 atom stereocenters. The number of piperidine rings is 1. The number of aryl methyl sites for hydroxylation is 1. The molecule has 1 saturated heterocycles. The van der Waals surface area contributed by atoms with Crippen molar-refractivity contribution in [2.75, 3.05) is 13.1 Å². The molecule has 0 saturated carbocycles. The average molecular weight is 422 g/mol. The molecule has 1 fully saturated rings. The van der Waals surface area contributed by atoms with Crippen molar-refractivity contribution in [3.8, 4) is 0 Å². The van der Waals surface area contributed by atoms with Crippen LogP contribution in [0.4, 0.5) is 11.4 Å². The lowest BCUT2D eigenvalue weighted by Gasteiger charge is -2.26. The van der Waals surface area contributed by atoms with Crippen LogP contribution in [0.15, 0.2) is 46.3 Å². The Morgan fingerprint density at radius 3 is 2.54 bits per heavy atom. The van der Waals surface area contributed by atoms with Gasteiger partial charge in [0.25, 0.3) is 5.69 Å². The Labute approximate surface area is 168 Å². The van der Waals surface area contributed by atoms with E-state index in [4.69, 9.17) is 11.6 Å². The van der Waals surface area contributed by atoms with Crippen LogP contribution in [0.5, 0.6) is 0 Å². The van der Waals surface area contributed by atoms with Gasteiger partial charge in [0, 0.05) is 25.4 Å². The smallest absolute Gasteiger partial charge is 0.258 e. The number of benzene rings is 2. The number of sulfonamides is 1. The highest BCUT2D eigenvalue weighted by Gasteiger charge is 2.28. The molecule has 2 aromatic rings. The fourth-order valence-corrected chi connectivity index (χ4v) is 5.00. The molecule has 148 valence electrons. The zero-order valence-corrected chi connectivity index (χ0v) is 16.9.